The Bertz CT molecular complexity index is 318. The van der Waals surface area contributed by atoms with Gasteiger partial charge in [0.25, 0.3) is 0 Å². The summed E-state index contributed by atoms with van der Waals surface area (Å²) in [5.41, 5.74) is 5.08. The summed E-state index contributed by atoms with van der Waals surface area (Å²) in [5.74, 6) is -0.459. The lowest BCUT2D eigenvalue weighted by molar-refractivity contribution is -0.137. The summed E-state index contributed by atoms with van der Waals surface area (Å²) in [6.07, 6.45) is 1.42. The smallest absolute Gasteiger partial charge is 0.317 e. The normalized spacial score (nSPS) is 19.9. The minimum absolute atomic E-state index is 0.0543. The lowest BCUT2D eigenvalue weighted by atomic mass is 9.99. The van der Waals surface area contributed by atoms with Crippen LogP contribution >= 0.6 is 0 Å². The number of carboxylic acids is 1. The summed E-state index contributed by atoms with van der Waals surface area (Å²) in [6.45, 7) is 5.70. The molecule has 6 nitrogen and oxygen atoms in total. The number of rotatable bonds is 5. The molecule has 1 fully saturated rings. The fourth-order valence-electron chi connectivity index (χ4n) is 2.06. The lowest BCUT2D eigenvalue weighted by Crippen LogP contribution is -2.49. The van der Waals surface area contributed by atoms with E-state index in [0.717, 1.165) is 13.0 Å². The Kier molecular flexibility index (Phi) is 4.95. The highest BCUT2D eigenvalue weighted by Crippen LogP contribution is 2.17. The highest BCUT2D eigenvalue weighted by Gasteiger charge is 2.29. The van der Waals surface area contributed by atoms with E-state index in [-0.39, 0.29) is 12.5 Å². The minimum Gasteiger partial charge on any atom is -0.481 e. The molecule has 1 heterocycles. The zero-order chi connectivity index (χ0) is 13.8. The number of likely N-dealkylation sites (tertiary alicyclic amines) is 1. The van der Waals surface area contributed by atoms with Gasteiger partial charge in [0, 0.05) is 25.0 Å². The highest BCUT2D eigenvalue weighted by atomic mass is 16.4. The standard InChI is InChI=1S/C12H23N3O3/c1-12(2,5-3-10(16)17)14-11(18)15-6-4-9(7-13)8-15/h9H,3-8,13H2,1-2H3,(H,14,18)(H,16,17). The summed E-state index contributed by atoms with van der Waals surface area (Å²) in [7, 11) is 0. The Morgan fingerprint density at radius 2 is 2.17 bits per heavy atom. The van der Waals surface area contributed by atoms with Crippen LogP contribution in [0.2, 0.25) is 0 Å². The van der Waals surface area contributed by atoms with E-state index in [9.17, 15) is 9.59 Å². The Labute approximate surface area is 108 Å². The molecule has 104 valence electrons. The molecular weight excluding hydrogens is 234 g/mol. The van der Waals surface area contributed by atoms with Crippen LogP contribution < -0.4 is 11.1 Å². The molecule has 2 amide bonds. The molecular formula is C12H23N3O3. The molecule has 1 aliphatic heterocycles. The van der Waals surface area contributed by atoms with Crippen LogP contribution in [-0.2, 0) is 4.79 Å². The third-order valence-corrected chi connectivity index (χ3v) is 3.32. The minimum atomic E-state index is -0.846. The second-order valence-electron chi connectivity index (χ2n) is 5.54. The Morgan fingerprint density at radius 1 is 1.50 bits per heavy atom. The van der Waals surface area contributed by atoms with Crippen molar-refractivity contribution in [2.45, 2.75) is 38.6 Å². The zero-order valence-electron chi connectivity index (χ0n) is 11.1. The number of nitrogens with one attached hydrogen (secondary N) is 1. The molecule has 0 aromatic heterocycles. The van der Waals surface area contributed by atoms with Crippen molar-refractivity contribution in [1.82, 2.24) is 10.2 Å². The fourth-order valence-corrected chi connectivity index (χ4v) is 2.06. The third kappa shape index (κ3) is 4.52. The van der Waals surface area contributed by atoms with E-state index in [1.807, 2.05) is 13.8 Å². The quantitative estimate of drug-likeness (QED) is 0.672. The van der Waals surface area contributed by atoms with Gasteiger partial charge in [-0.05, 0) is 39.2 Å². The van der Waals surface area contributed by atoms with Crippen molar-refractivity contribution in [3.05, 3.63) is 0 Å². The molecule has 1 unspecified atom stereocenters. The number of urea groups is 1. The maximum Gasteiger partial charge on any atom is 0.317 e. The first-order chi connectivity index (χ1) is 8.34. The van der Waals surface area contributed by atoms with Gasteiger partial charge in [0.1, 0.15) is 0 Å². The molecule has 0 aliphatic carbocycles. The van der Waals surface area contributed by atoms with Gasteiger partial charge in [0.15, 0.2) is 0 Å². The maximum absolute atomic E-state index is 12.0. The van der Waals surface area contributed by atoms with Gasteiger partial charge in [-0.2, -0.15) is 0 Å². The van der Waals surface area contributed by atoms with Gasteiger partial charge in [0.05, 0.1) is 0 Å². The molecule has 6 heteroatoms. The van der Waals surface area contributed by atoms with Crippen LogP contribution in [0.3, 0.4) is 0 Å². The number of carbonyl (C=O) groups excluding carboxylic acids is 1. The number of carbonyl (C=O) groups is 2. The summed E-state index contributed by atoms with van der Waals surface area (Å²) in [4.78, 5) is 24.3. The molecule has 1 rings (SSSR count). The SMILES string of the molecule is CC(C)(CCC(=O)O)NC(=O)N1CCC(CN)C1. The van der Waals surface area contributed by atoms with Gasteiger partial charge >= 0.3 is 12.0 Å². The highest BCUT2D eigenvalue weighted by molar-refractivity contribution is 5.75. The first-order valence-electron chi connectivity index (χ1n) is 6.33. The van der Waals surface area contributed by atoms with Gasteiger partial charge in [-0.3, -0.25) is 4.79 Å². The number of hydrogen-bond donors (Lipinski definition) is 3. The van der Waals surface area contributed by atoms with Crippen LogP contribution in [0.25, 0.3) is 0 Å². The van der Waals surface area contributed by atoms with E-state index >= 15 is 0 Å². The summed E-state index contributed by atoms with van der Waals surface area (Å²) < 4.78 is 0. The largest absolute Gasteiger partial charge is 0.481 e. The van der Waals surface area contributed by atoms with E-state index in [4.69, 9.17) is 10.8 Å². The van der Waals surface area contributed by atoms with Crippen LogP contribution in [-0.4, -0.2) is 47.2 Å². The molecule has 1 aliphatic rings. The van der Waals surface area contributed by atoms with Crippen LogP contribution in [0.15, 0.2) is 0 Å². The molecule has 18 heavy (non-hydrogen) atoms. The zero-order valence-corrected chi connectivity index (χ0v) is 11.1. The van der Waals surface area contributed by atoms with E-state index in [1.165, 1.54) is 0 Å². The van der Waals surface area contributed by atoms with Crippen LogP contribution in [0.1, 0.15) is 33.1 Å². The number of amides is 2. The second-order valence-corrected chi connectivity index (χ2v) is 5.54. The maximum atomic E-state index is 12.0. The molecule has 1 saturated heterocycles. The van der Waals surface area contributed by atoms with Crippen molar-refractivity contribution in [3.8, 4) is 0 Å². The predicted octanol–water partition coefficient (Wildman–Crippen LogP) is 0.620. The lowest BCUT2D eigenvalue weighted by Gasteiger charge is -2.29. The molecule has 4 N–H and O–H groups in total. The van der Waals surface area contributed by atoms with Crippen molar-refractivity contribution >= 4 is 12.0 Å². The average Bonchev–Trinajstić information content (AvgIpc) is 2.74. The number of aliphatic carboxylic acids is 1. The average molecular weight is 257 g/mol. The van der Waals surface area contributed by atoms with Gasteiger partial charge in [-0.1, -0.05) is 0 Å². The van der Waals surface area contributed by atoms with Crippen molar-refractivity contribution in [3.63, 3.8) is 0 Å². The van der Waals surface area contributed by atoms with E-state index in [0.29, 0.717) is 25.4 Å². The van der Waals surface area contributed by atoms with E-state index in [2.05, 4.69) is 5.32 Å². The predicted molar refractivity (Wildman–Crippen MR) is 68.2 cm³/mol. The monoisotopic (exact) mass is 257 g/mol. The molecule has 0 saturated carbocycles. The van der Waals surface area contributed by atoms with Crippen molar-refractivity contribution in [2.24, 2.45) is 11.7 Å². The first-order valence-corrected chi connectivity index (χ1v) is 6.33. The third-order valence-electron chi connectivity index (χ3n) is 3.32. The van der Waals surface area contributed by atoms with Gasteiger partial charge in [-0.25, -0.2) is 4.79 Å². The summed E-state index contributed by atoms with van der Waals surface area (Å²) >= 11 is 0. The summed E-state index contributed by atoms with van der Waals surface area (Å²) in [5, 5.41) is 11.5. The summed E-state index contributed by atoms with van der Waals surface area (Å²) in [6, 6.07) is -0.124. The molecule has 0 aromatic rings. The number of nitrogens with two attached hydrogens (primary N) is 1. The molecule has 0 spiro atoms. The Hall–Kier alpha value is -1.30. The topological polar surface area (TPSA) is 95.7 Å². The molecule has 0 radical (unpaired) electrons. The molecule has 0 aromatic carbocycles. The van der Waals surface area contributed by atoms with Crippen LogP contribution in [0, 0.1) is 5.92 Å². The van der Waals surface area contributed by atoms with E-state index < -0.39 is 11.5 Å². The second kappa shape index (κ2) is 6.04. The number of nitrogens with zero attached hydrogens (tertiary/aromatic N) is 1. The molecule has 0 bridgehead atoms. The van der Waals surface area contributed by atoms with Gasteiger partial charge < -0.3 is 21.1 Å². The number of hydrogen-bond acceptors (Lipinski definition) is 3. The Morgan fingerprint density at radius 3 is 2.67 bits per heavy atom. The van der Waals surface area contributed by atoms with Crippen molar-refractivity contribution in [1.29, 1.82) is 0 Å². The number of carboxylic acid groups (broad SMARTS) is 1. The van der Waals surface area contributed by atoms with Gasteiger partial charge in [-0.15, -0.1) is 0 Å². The van der Waals surface area contributed by atoms with Crippen LogP contribution in [0.5, 0.6) is 0 Å². The Balaban J connectivity index is 2.41. The fraction of sp³-hybridized carbons (Fsp3) is 0.833. The van der Waals surface area contributed by atoms with Crippen LogP contribution in [0.4, 0.5) is 4.79 Å². The first kappa shape index (κ1) is 14.8. The molecule has 1 atom stereocenters. The van der Waals surface area contributed by atoms with Crippen molar-refractivity contribution < 1.29 is 14.7 Å². The van der Waals surface area contributed by atoms with Gasteiger partial charge in [0.2, 0.25) is 0 Å². The van der Waals surface area contributed by atoms with Crippen molar-refractivity contribution in [2.75, 3.05) is 19.6 Å². The van der Waals surface area contributed by atoms with E-state index in [1.54, 1.807) is 4.90 Å².